The van der Waals surface area contributed by atoms with E-state index in [0.717, 1.165) is 12.8 Å². The van der Waals surface area contributed by atoms with Crippen molar-refractivity contribution >= 4 is 17.9 Å². The van der Waals surface area contributed by atoms with Crippen LogP contribution in [0.25, 0.3) is 0 Å². The van der Waals surface area contributed by atoms with Crippen LogP contribution in [0.1, 0.15) is 26.2 Å². The minimum atomic E-state index is -1.26. The van der Waals surface area contributed by atoms with Crippen LogP contribution in [0.2, 0.25) is 0 Å². The molecule has 0 radical (unpaired) electrons. The first-order valence-corrected chi connectivity index (χ1v) is 6.00. The Morgan fingerprint density at radius 3 is 2.44 bits per heavy atom. The highest BCUT2D eigenvalue weighted by molar-refractivity contribution is 5.87. The largest absolute Gasteiger partial charge is 0.480 e. The Labute approximate surface area is 105 Å². The summed E-state index contributed by atoms with van der Waals surface area (Å²) in [6.45, 7) is 2.96. The first-order valence-electron chi connectivity index (χ1n) is 6.00. The van der Waals surface area contributed by atoms with Crippen molar-refractivity contribution in [1.82, 2.24) is 10.2 Å². The Balaban J connectivity index is 2.51. The van der Waals surface area contributed by atoms with Crippen molar-refractivity contribution in [3.05, 3.63) is 0 Å². The Morgan fingerprint density at radius 1 is 1.44 bits per heavy atom. The lowest BCUT2D eigenvalue weighted by Gasteiger charge is -2.23. The van der Waals surface area contributed by atoms with Gasteiger partial charge in [-0.2, -0.15) is 0 Å². The third-order valence-electron chi connectivity index (χ3n) is 2.85. The summed E-state index contributed by atoms with van der Waals surface area (Å²) in [5, 5.41) is 11.2. The van der Waals surface area contributed by atoms with Crippen LogP contribution in [-0.4, -0.2) is 47.0 Å². The van der Waals surface area contributed by atoms with Crippen LogP contribution in [0.4, 0.5) is 4.79 Å². The molecule has 18 heavy (non-hydrogen) atoms. The molecule has 0 aromatic carbocycles. The fourth-order valence-corrected chi connectivity index (χ4v) is 1.61. The molecule has 0 aromatic heterocycles. The topological polar surface area (TPSA) is 113 Å². The molecule has 1 rings (SSSR count). The predicted octanol–water partition coefficient (Wildman–Crippen LogP) is -0.243. The number of aliphatic carboxylic acids is 1. The average Bonchev–Trinajstić information content (AvgIpc) is 3.07. The molecule has 1 fully saturated rings. The Hall–Kier alpha value is -1.79. The molecule has 102 valence electrons. The fourth-order valence-electron chi connectivity index (χ4n) is 1.61. The lowest BCUT2D eigenvalue weighted by molar-refractivity contribution is -0.140. The van der Waals surface area contributed by atoms with Crippen molar-refractivity contribution in [2.45, 2.75) is 32.2 Å². The summed E-state index contributed by atoms with van der Waals surface area (Å²) in [7, 11) is 0. The van der Waals surface area contributed by atoms with Crippen LogP contribution in [0.15, 0.2) is 0 Å². The van der Waals surface area contributed by atoms with E-state index < -0.39 is 30.4 Å². The quantitative estimate of drug-likeness (QED) is 0.584. The zero-order valence-corrected chi connectivity index (χ0v) is 10.4. The molecule has 7 nitrogen and oxygen atoms in total. The van der Waals surface area contributed by atoms with E-state index in [-0.39, 0.29) is 0 Å². The SMILES string of the molecule is CCN(CC1CC1)C(=O)N[C@H](CC(N)=O)C(=O)O. The maximum atomic E-state index is 11.8. The molecular formula is C11H19N3O4. The van der Waals surface area contributed by atoms with Crippen LogP contribution in [0.5, 0.6) is 0 Å². The highest BCUT2D eigenvalue weighted by atomic mass is 16.4. The van der Waals surface area contributed by atoms with Crippen LogP contribution < -0.4 is 11.1 Å². The Kier molecular flexibility index (Phi) is 4.94. The second kappa shape index (κ2) is 6.23. The maximum absolute atomic E-state index is 11.8. The summed E-state index contributed by atoms with van der Waals surface area (Å²) >= 11 is 0. The van der Waals surface area contributed by atoms with Crippen molar-refractivity contribution in [2.75, 3.05) is 13.1 Å². The Bertz CT molecular complexity index is 341. The summed E-state index contributed by atoms with van der Waals surface area (Å²) in [4.78, 5) is 35.0. The highest BCUT2D eigenvalue weighted by Crippen LogP contribution is 2.29. The molecule has 4 N–H and O–H groups in total. The molecule has 1 aliphatic carbocycles. The number of carbonyl (C=O) groups excluding carboxylic acids is 2. The molecule has 0 bridgehead atoms. The van der Waals surface area contributed by atoms with Gasteiger partial charge < -0.3 is 21.1 Å². The number of hydrogen-bond donors (Lipinski definition) is 3. The third-order valence-corrected chi connectivity index (χ3v) is 2.85. The second-order valence-electron chi connectivity index (χ2n) is 4.49. The normalized spacial score (nSPS) is 15.8. The van der Waals surface area contributed by atoms with E-state index in [1.165, 1.54) is 0 Å². The van der Waals surface area contributed by atoms with Gasteiger partial charge in [-0.1, -0.05) is 0 Å². The maximum Gasteiger partial charge on any atom is 0.326 e. The van der Waals surface area contributed by atoms with Gasteiger partial charge >= 0.3 is 12.0 Å². The minimum absolute atomic E-state index is 0.401. The fraction of sp³-hybridized carbons (Fsp3) is 0.727. The lowest BCUT2D eigenvalue weighted by atomic mass is 10.2. The van der Waals surface area contributed by atoms with E-state index in [0.29, 0.717) is 19.0 Å². The van der Waals surface area contributed by atoms with Gasteiger partial charge in [0.1, 0.15) is 6.04 Å². The Morgan fingerprint density at radius 2 is 2.06 bits per heavy atom. The van der Waals surface area contributed by atoms with Gasteiger partial charge in [-0.15, -0.1) is 0 Å². The van der Waals surface area contributed by atoms with Gasteiger partial charge in [0, 0.05) is 13.1 Å². The van der Waals surface area contributed by atoms with Crippen LogP contribution in [0.3, 0.4) is 0 Å². The number of nitrogens with one attached hydrogen (secondary N) is 1. The van der Waals surface area contributed by atoms with Gasteiger partial charge in [0.2, 0.25) is 5.91 Å². The number of rotatable bonds is 7. The summed E-state index contributed by atoms with van der Waals surface area (Å²) in [6, 6.07) is -1.72. The number of carbonyl (C=O) groups is 3. The van der Waals surface area contributed by atoms with Gasteiger partial charge in [-0.05, 0) is 25.7 Å². The first-order chi connectivity index (χ1) is 8.43. The number of nitrogens with two attached hydrogens (primary N) is 1. The molecule has 0 spiro atoms. The van der Waals surface area contributed by atoms with E-state index in [2.05, 4.69) is 5.32 Å². The molecule has 0 aliphatic heterocycles. The number of carboxylic acids is 1. The van der Waals surface area contributed by atoms with Crippen LogP contribution in [0, 0.1) is 5.92 Å². The average molecular weight is 257 g/mol. The zero-order chi connectivity index (χ0) is 13.7. The standard InChI is InChI=1S/C11H19N3O4/c1-2-14(6-7-3-4-7)11(18)13-8(10(16)17)5-9(12)15/h7-8H,2-6H2,1H3,(H2,12,15)(H,13,18)(H,16,17)/t8-/m1/s1. The minimum Gasteiger partial charge on any atom is -0.480 e. The molecule has 0 saturated heterocycles. The summed E-state index contributed by atoms with van der Waals surface area (Å²) in [5.74, 6) is -1.49. The molecule has 0 aromatic rings. The van der Waals surface area contributed by atoms with E-state index in [1.807, 2.05) is 6.92 Å². The van der Waals surface area contributed by atoms with E-state index in [4.69, 9.17) is 10.8 Å². The van der Waals surface area contributed by atoms with Crippen molar-refractivity contribution < 1.29 is 19.5 Å². The molecule has 1 aliphatic rings. The van der Waals surface area contributed by atoms with Crippen molar-refractivity contribution in [2.24, 2.45) is 11.7 Å². The van der Waals surface area contributed by atoms with Gasteiger partial charge in [0.25, 0.3) is 0 Å². The molecular weight excluding hydrogens is 238 g/mol. The van der Waals surface area contributed by atoms with Crippen LogP contribution in [-0.2, 0) is 9.59 Å². The van der Waals surface area contributed by atoms with Gasteiger partial charge in [0.05, 0.1) is 6.42 Å². The molecule has 0 heterocycles. The summed E-state index contributed by atoms with van der Waals surface area (Å²) in [5.41, 5.74) is 4.94. The molecule has 1 saturated carbocycles. The molecule has 0 unspecified atom stereocenters. The van der Waals surface area contributed by atoms with E-state index >= 15 is 0 Å². The summed E-state index contributed by atoms with van der Waals surface area (Å²) in [6.07, 6.45) is 1.81. The van der Waals surface area contributed by atoms with E-state index in [1.54, 1.807) is 4.90 Å². The van der Waals surface area contributed by atoms with Crippen molar-refractivity contribution in [1.29, 1.82) is 0 Å². The molecule has 1 atom stereocenters. The number of carboxylic acid groups (broad SMARTS) is 1. The second-order valence-corrected chi connectivity index (χ2v) is 4.49. The van der Waals surface area contributed by atoms with Crippen LogP contribution >= 0.6 is 0 Å². The number of nitrogens with zero attached hydrogens (tertiary/aromatic N) is 1. The monoisotopic (exact) mass is 257 g/mol. The predicted molar refractivity (Wildman–Crippen MR) is 63.7 cm³/mol. The lowest BCUT2D eigenvalue weighted by Crippen LogP contribution is -2.49. The van der Waals surface area contributed by atoms with Gasteiger partial charge in [-0.25, -0.2) is 9.59 Å². The number of primary amides is 1. The van der Waals surface area contributed by atoms with Crippen molar-refractivity contribution in [3.8, 4) is 0 Å². The highest BCUT2D eigenvalue weighted by Gasteiger charge is 2.28. The number of urea groups is 1. The third kappa shape index (κ3) is 4.60. The van der Waals surface area contributed by atoms with Gasteiger partial charge in [0.15, 0.2) is 0 Å². The number of amides is 3. The van der Waals surface area contributed by atoms with Gasteiger partial charge in [-0.3, -0.25) is 4.79 Å². The zero-order valence-electron chi connectivity index (χ0n) is 10.4. The molecule has 7 heteroatoms. The number of hydrogen-bond acceptors (Lipinski definition) is 3. The smallest absolute Gasteiger partial charge is 0.326 e. The summed E-state index contributed by atoms with van der Waals surface area (Å²) < 4.78 is 0. The van der Waals surface area contributed by atoms with Crippen molar-refractivity contribution in [3.63, 3.8) is 0 Å². The molecule has 3 amide bonds. The van der Waals surface area contributed by atoms with E-state index in [9.17, 15) is 14.4 Å². The first kappa shape index (κ1) is 14.3.